The van der Waals surface area contributed by atoms with Crippen LogP contribution in [-0.2, 0) is 6.42 Å². The summed E-state index contributed by atoms with van der Waals surface area (Å²) in [7, 11) is 0. The number of amides is 1. The minimum absolute atomic E-state index is 0. The topological polar surface area (TPSA) is 32.3 Å². The van der Waals surface area contributed by atoms with Crippen molar-refractivity contribution >= 4 is 18.3 Å². The lowest BCUT2D eigenvalue weighted by molar-refractivity contribution is 0.0555. The number of hydrogen-bond donors (Lipinski definition) is 1. The molecule has 1 aromatic carbocycles. The van der Waals surface area contributed by atoms with Crippen molar-refractivity contribution in [2.45, 2.75) is 39.2 Å². The quantitative estimate of drug-likeness (QED) is 0.865. The Hall–Kier alpha value is -1.06. The average molecular weight is 309 g/mol. The van der Waals surface area contributed by atoms with E-state index in [1.54, 1.807) is 0 Å². The Morgan fingerprint density at radius 1 is 1.19 bits per heavy atom. The number of hydrogen-bond acceptors (Lipinski definition) is 2. The minimum atomic E-state index is 0. The van der Waals surface area contributed by atoms with Gasteiger partial charge in [0.15, 0.2) is 0 Å². The average Bonchev–Trinajstić information content (AvgIpc) is 2.56. The van der Waals surface area contributed by atoms with Crippen molar-refractivity contribution in [2.24, 2.45) is 5.41 Å². The van der Waals surface area contributed by atoms with E-state index >= 15 is 0 Å². The molecule has 4 heteroatoms. The molecule has 1 saturated heterocycles. The molecule has 0 bridgehead atoms. The molecule has 1 amide bonds. The number of nitrogens with one attached hydrogen (secondary N) is 1. The maximum atomic E-state index is 12.8. The van der Waals surface area contributed by atoms with Crippen LogP contribution in [0.2, 0.25) is 0 Å². The normalized spacial score (nSPS) is 20.9. The number of benzene rings is 1. The van der Waals surface area contributed by atoms with Crippen LogP contribution in [0.25, 0.3) is 0 Å². The van der Waals surface area contributed by atoms with E-state index in [-0.39, 0.29) is 29.8 Å². The summed E-state index contributed by atoms with van der Waals surface area (Å²) in [6, 6.07) is 8.44. The molecule has 2 heterocycles. The maximum absolute atomic E-state index is 12.8. The molecule has 0 atom stereocenters. The molecule has 1 N–H and O–H groups in total. The first kappa shape index (κ1) is 16.3. The van der Waals surface area contributed by atoms with Crippen LogP contribution >= 0.6 is 12.4 Å². The van der Waals surface area contributed by atoms with Crippen LogP contribution < -0.4 is 5.32 Å². The lowest BCUT2D eigenvalue weighted by Crippen LogP contribution is -2.48. The van der Waals surface area contributed by atoms with E-state index in [9.17, 15) is 4.79 Å². The molecular formula is C17H25ClN2O. The van der Waals surface area contributed by atoms with Crippen molar-refractivity contribution in [1.29, 1.82) is 0 Å². The second-order valence-corrected chi connectivity index (χ2v) is 6.61. The summed E-state index contributed by atoms with van der Waals surface area (Å²) >= 11 is 0. The predicted molar refractivity (Wildman–Crippen MR) is 88.1 cm³/mol. The zero-order chi connectivity index (χ0) is 14.2. The van der Waals surface area contributed by atoms with Crippen molar-refractivity contribution in [3.8, 4) is 0 Å². The van der Waals surface area contributed by atoms with Crippen molar-refractivity contribution in [3.05, 3.63) is 35.4 Å². The van der Waals surface area contributed by atoms with E-state index < -0.39 is 0 Å². The van der Waals surface area contributed by atoms with Gasteiger partial charge in [-0.3, -0.25) is 4.79 Å². The Balaban J connectivity index is 0.00000161. The van der Waals surface area contributed by atoms with Gasteiger partial charge < -0.3 is 10.2 Å². The van der Waals surface area contributed by atoms with Crippen molar-refractivity contribution in [3.63, 3.8) is 0 Å². The molecule has 0 aliphatic carbocycles. The summed E-state index contributed by atoms with van der Waals surface area (Å²) in [6.45, 7) is 7.30. The van der Waals surface area contributed by atoms with Gasteiger partial charge in [0.25, 0.3) is 5.91 Å². The van der Waals surface area contributed by atoms with Gasteiger partial charge >= 0.3 is 0 Å². The van der Waals surface area contributed by atoms with E-state index in [2.05, 4.69) is 36.2 Å². The molecule has 0 saturated carbocycles. The Labute approximate surface area is 133 Å². The highest BCUT2D eigenvalue weighted by Crippen LogP contribution is 2.38. The Bertz CT molecular complexity index is 509. The van der Waals surface area contributed by atoms with E-state index in [0.29, 0.717) is 0 Å². The molecule has 1 fully saturated rings. The fourth-order valence-corrected chi connectivity index (χ4v) is 3.64. The Morgan fingerprint density at radius 2 is 1.86 bits per heavy atom. The molecule has 0 aromatic heterocycles. The van der Waals surface area contributed by atoms with E-state index in [4.69, 9.17) is 0 Å². The lowest BCUT2D eigenvalue weighted by Gasteiger charge is -2.41. The SMILES string of the molecule is CC(C)N1CC2(CCNCC2)Cc2ccccc2C1=O.Cl. The van der Waals surface area contributed by atoms with Crippen LogP contribution in [-0.4, -0.2) is 36.5 Å². The molecule has 2 aliphatic rings. The van der Waals surface area contributed by atoms with Crippen LogP contribution in [0.5, 0.6) is 0 Å². The summed E-state index contributed by atoms with van der Waals surface area (Å²) in [6.07, 6.45) is 3.37. The smallest absolute Gasteiger partial charge is 0.254 e. The Kier molecular flexibility index (Phi) is 4.95. The molecule has 3 nitrogen and oxygen atoms in total. The number of nitrogens with zero attached hydrogens (tertiary/aromatic N) is 1. The van der Waals surface area contributed by atoms with Crippen molar-refractivity contribution in [2.75, 3.05) is 19.6 Å². The fraction of sp³-hybridized carbons (Fsp3) is 0.588. The standard InChI is InChI=1S/C17H24N2O.ClH/c1-13(2)19-12-17(7-9-18-10-8-17)11-14-5-3-4-6-15(14)16(19)20;/h3-6,13,18H,7-12H2,1-2H3;1H. The van der Waals surface area contributed by atoms with E-state index in [1.807, 2.05) is 12.1 Å². The highest BCUT2D eigenvalue weighted by atomic mass is 35.5. The summed E-state index contributed by atoms with van der Waals surface area (Å²) < 4.78 is 0. The first-order valence-corrected chi connectivity index (χ1v) is 7.71. The molecule has 1 spiro atoms. The molecule has 0 radical (unpaired) electrons. The number of carbonyl (C=O) groups excluding carboxylic acids is 1. The molecule has 21 heavy (non-hydrogen) atoms. The molecule has 2 aliphatic heterocycles. The molecule has 0 unspecified atom stereocenters. The predicted octanol–water partition coefficient (Wildman–Crippen LogP) is 2.88. The van der Waals surface area contributed by atoms with Gasteiger partial charge in [-0.05, 0) is 63.2 Å². The zero-order valence-corrected chi connectivity index (χ0v) is 13.7. The number of halogens is 1. The number of carbonyl (C=O) groups is 1. The summed E-state index contributed by atoms with van der Waals surface area (Å²) in [4.78, 5) is 14.9. The van der Waals surface area contributed by atoms with Crippen molar-refractivity contribution < 1.29 is 4.79 Å². The summed E-state index contributed by atoms with van der Waals surface area (Å²) in [5.41, 5.74) is 2.41. The van der Waals surface area contributed by atoms with Gasteiger partial charge in [-0.15, -0.1) is 12.4 Å². The maximum Gasteiger partial charge on any atom is 0.254 e. The highest BCUT2D eigenvalue weighted by molar-refractivity contribution is 5.96. The van der Waals surface area contributed by atoms with Gasteiger partial charge in [0, 0.05) is 18.2 Å². The second kappa shape index (κ2) is 6.37. The van der Waals surface area contributed by atoms with Gasteiger partial charge in [-0.1, -0.05) is 18.2 Å². The number of piperidine rings is 1. The molecular weight excluding hydrogens is 284 g/mol. The second-order valence-electron chi connectivity index (χ2n) is 6.61. The monoisotopic (exact) mass is 308 g/mol. The fourth-order valence-electron chi connectivity index (χ4n) is 3.64. The van der Waals surface area contributed by atoms with Crippen LogP contribution in [0.4, 0.5) is 0 Å². The molecule has 116 valence electrons. The number of fused-ring (bicyclic) bond motifs is 1. The third kappa shape index (κ3) is 3.09. The highest BCUT2D eigenvalue weighted by Gasteiger charge is 2.40. The van der Waals surface area contributed by atoms with Crippen LogP contribution in [0, 0.1) is 5.41 Å². The van der Waals surface area contributed by atoms with Gasteiger partial charge in [-0.25, -0.2) is 0 Å². The first-order chi connectivity index (χ1) is 9.61. The summed E-state index contributed by atoms with van der Waals surface area (Å²) in [5, 5.41) is 3.45. The lowest BCUT2D eigenvalue weighted by atomic mass is 9.74. The zero-order valence-electron chi connectivity index (χ0n) is 12.9. The molecule has 3 rings (SSSR count). The third-order valence-electron chi connectivity index (χ3n) is 4.87. The van der Waals surface area contributed by atoms with Gasteiger partial charge in [0.2, 0.25) is 0 Å². The minimum Gasteiger partial charge on any atom is -0.336 e. The van der Waals surface area contributed by atoms with Gasteiger partial charge in [0.05, 0.1) is 0 Å². The molecule has 1 aromatic rings. The number of rotatable bonds is 1. The third-order valence-corrected chi connectivity index (χ3v) is 4.87. The van der Waals surface area contributed by atoms with Crippen LogP contribution in [0.1, 0.15) is 42.6 Å². The van der Waals surface area contributed by atoms with Crippen molar-refractivity contribution in [1.82, 2.24) is 10.2 Å². The van der Waals surface area contributed by atoms with Gasteiger partial charge in [0.1, 0.15) is 0 Å². The van der Waals surface area contributed by atoms with Crippen LogP contribution in [0.15, 0.2) is 24.3 Å². The van der Waals surface area contributed by atoms with Crippen LogP contribution in [0.3, 0.4) is 0 Å². The first-order valence-electron chi connectivity index (χ1n) is 7.71. The summed E-state index contributed by atoms with van der Waals surface area (Å²) in [5.74, 6) is 0.214. The largest absolute Gasteiger partial charge is 0.336 e. The van der Waals surface area contributed by atoms with E-state index in [0.717, 1.165) is 44.5 Å². The van der Waals surface area contributed by atoms with Gasteiger partial charge in [-0.2, -0.15) is 0 Å². The van der Waals surface area contributed by atoms with E-state index in [1.165, 1.54) is 5.56 Å². The Morgan fingerprint density at radius 3 is 2.52 bits per heavy atom.